The van der Waals surface area contributed by atoms with E-state index in [2.05, 4.69) is 0 Å². The van der Waals surface area contributed by atoms with E-state index >= 15 is 0 Å². The Morgan fingerprint density at radius 3 is 2.59 bits per heavy atom. The molecule has 2 aromatic carbocycles. The molecule has 27 heavy (non-hydrogen) atoms. The van der Waals surface area contributed by atoms with E-state index in [1.165, 1.54) is 6.07 Å². The van der Waals surface area contributed by atoms with E-state index in [1.54, 1.807) is 35.2 Å². The van der Waals surface area contributed by atoms with E-state index in [4.69, 9.17) is 21.1 Å². The van der Waals surface area contributed by atoms with Crippen LogP contribution in [0.15, 0.2) is 36.4 Å². The quantitative estimate of drug-likeness (QED) is 0.592. The van der Waals surface area contributed by atoms with Gasteiger partial charge < -0.3 is 19.3 Å². The molecule has 0 N–H and O–H groups in total. The zero-order valence-electron chi connectivity index (χ0n) is 14.3. The molecule has 0 saturated carbocycles. The molecule has 2 aliphatic heterocycles. The van der Waals surface area contributed by atoms with E-state index < -0.39 is 0 Å². The zero-order valence-corrected chi connectivity index (χ0v) is 15.0. The molecule has 1 fully saturated rings. The Hall–Kier alpha value is -3.00. The smallest absolute Gasteiger partial charge is 0.292 e. The second-order valence-corrected chi connectivity index (χ2v) is 6.62. The summed E-state index contributed by atoms with van der Waals surface area (Å²) >= 11 is 6.16. The first-order chi connectivity index (χ1) is 13.0. The number of para-hydroxylation sites is 2. The minimum Gasteiger partial charge on any atom is -0.454 e. The van der Waals surface area contributed by atoms with Crippen molar-refractivity contribution in [2.75, 3.05) is 37.9 Å². The van der Waals surface area contributed by atoms with Crippen LogP contribution in [0.3, 0.4) is 0 Å². The molecular formula is C18H16ClN3O5. The summed E-state index contributed by atoms with van der Waals surface area (Å²) < 4.78 is 10.6. The monoisotopic (exact) mass is 389 g/mol. The molecule has 2 heterocycles. The Morgan fingerprint density at radius 1 is 1.11 bits per heavy atom. The van der Waals surface area contributed by atoms with Crippen molar-refractivity contribution in [1.82, 2.24) is 4.90 Å². The summed E-state index contributed by atoms with van der Waals surface area (Å²) in [7, 11) is 0. The van der Waals surface area contributed by atoms with Crippen molar-refractivity contribution in [3.05, 3.63) is 57.1 Å². The van der Waals surface area contributed by atoms with Crippen molar-refractivity contribution >= 4 is 28.9 Å². The predicted octanol–water partition coefficient (Wildman–Crippen LogP) is 2.94. The molecule has 0 radical (unpaired) electrons. The predicted molar refractivity (Wildman–Crippen MR) is 98.8 cm³/mol. The Kier molecular flexibility index (Phi) is 4.49. The summed E-state index contributed by atoms with van der Waals surface area (Å²) in [5.41, 5.74) is 1.07. The van der Waals surface area contributed by atoms with Crippen LogP contribution in [0.5, 0.6) is 11.5 Å². The fraction of sp³-hybridized carbons (Fsp3) is 0.278. The van der Waals surface area contributed by atoms with Gasteiger partial charge in [-0.05, 0) is 18.2 Å². The van der Waals surface area contributed by atoms with Crippen LogP contribution in [-0.4, -0.2) is 48.7 Å². The molecule has 0 bridgehead atoms. The summed E-state index contributed by atoms with van der Waals surface area (Å²) in [5, 5.41) is 11.6. The molecule has 0 atom stereocenters. The molecule has 0 spiro atoms. The van der Waals surface area contributed by atoms with Crippen molar-refractivity contribution < 1.29 is 19.2 Å². The molecule has 0 unspecified atom stereocenters. The lowest BCUT2D eigenvalue weighted by Crippen LogP contribution is -2.49. The first kappa shape index (κ1) is 17.4. The number of benzene rings is 2. The SMILES string of the molecule is O=C(c1cc(Cl)c2c(c1)OCO2)N1CCN(c2ccccc2[N+](=O)[O-])CC1. The second-order valence-electron chi connectivity index (χ2n) is 6.22. The molecular weight excluding hydrogens is 374 g/mol. The number of halogens is 1. The third kappa shape index (κ3) is 3.23. The highest BCUT2D eigenvalue weighted by Crippen LogP contribution is 2.40. The molecule has 4 rings (SSSR count). The fourth-order valence-corrected chi connectivity index (χ4v) is 3.58. The molecule has 0 aromatic heterocycles. The van der Waals surface area contributed by atoms with Gasteiger partial charge in [0.1, 0.15) is 5.69 Å². The Labute approximate surface area is 160 Å². The summed E-state index contributed by atoms with van der Waals surface area (Å²) in [6, 6.07) is 9.84. The van der Waals surface area contributed by atoms with E-state index in [9.17, 15) is 14.9 Å². The number of rotatable bonds is 3. The third-order valence-corrected chi connectivity index (χ3v) is 4.94. The van der Waals surface area contributed by atoms with Gasteiger partial charge in [-0.25, -0.2) is 0 Å². The van der Waals surface area contributed by atoms with Crippen LogP contribution >= 0.6 is 11.6 Å². The van der Waals surface area contributed by atoms with Crippen LogP contribution in [-0.2, 0) is 0 Å². The largest absolute Gasteiger partial charge is 0.454 e. The van der Waals surface area contributed by atoms with E-state index in [1.807, 2.05) is 4.90 Å². The number of anilines is 1. The zero-order chi connectivity index (χ0) is 19.0. The first-order valence-electron chi connectivity index (χ1n) is 8.41. The molecule has 9 heteroatoms. The van der Waals surface area contributed by atoms with Gasteiger partial charge in [0.15, 0.2) is 11.5 Å². The number of carbonyl (C=O) groups excluding carboxylic acids is 1. The van der Waals surface area contributed by atoms with Gasteiger partial charge in [0.25, 0.3) is 11.6 Å². The van der Waals surface area contributed by atoms with Gasteiger partial charge in [0, 0.05) is 37.8 Å². The maximum Gasteiger partial charge on any atom is 0.292 e. The Bertz CT molecular complexity index is 912. The number of hydrogen-bond acceptors (Lipinski definition) is 6. The topological polar surface area (TPSA) is 85.2 Å². The first-order valence-corrected chi connectivity index (χ1v) is 8.79. The molecule has 0 aliphatic carbocycles. The average molecular weight is 390 g/mol. The lowest BCUT2D eigenvalue weighted by molar-refractivity contribution is -0.384. The summed E-state index contributed by atoms with van der Waals surface area (Å²) in [6.45, 7) is 2.01. The number of nitro benzene ring substituents is 1. The maximum absolute atomic E-state index is 12.8. The minimum atomic E-state index is -0.387. The Morgan fingerprint density at radius 2 is 1.85 bits per heavy atom. The second kappa shape index (κ2) is 6.96. The number of carbonyl (C=O) groups is 1. The maximum atomic E-state index is 12.8. The van der Waals surface area contributed by atoms with Gasteiger partial charge in [-0.1, -0.05) is 23.7 Å². The number of nitro groups is 1. The lowest BCUT2D eigenvalue weighted by Gasteiger charge is -2.35. The van der Waals surface area contributed by atoms with Crippen molar-refractivity contribution in [1.29, 1.82) is 0 Å². The van der Waals surface area contributed by atoms with Gasteiger partial charge in [0.05, 0.1) is 9.95 Å². The standard InChI is InChI=1S/C18H16ClN3O5/c19-13-9-12(10-16-17(13)27-11-26-16)18(23)21-7-5-20(6-8-21)14-3-1-2-4-15(14)22(24)25/h1-4,9-10H,5-8,11H2. The van der Waals surface area contributed by atoms with Crippen LogP contribution in [0, 0.1) is 10.1 Å². The molecule has 1 amide bonds. The number of piperazine rings is 1. The van der Waals surface area contributed by atoms with Gasteiger partial charge in [0.2, 0.25) is 6.79 Å². The van der Waals surface area contributed by atoms with E-state index in [0.29, 0.717) is 54.0 Å². The summed E-state index contributed by atoms with van der Waals surface area (Å²) in [5.74, 6) is 0.760. The highest BCUT2D eigenvalue weighted by Gasteiger charge is 2.28. The lowest BCUT2D eigenvalue weighted by atomic mass is 10.1. The van der Waals surface area contributed by atoms with Crippen LogP contribution in [0.1, 0.15) is 10.4 Å². The number of hydrogen-bond donors (Lipinski definition) is 0. The number of amides is 1. The van der Waals surface area contributed by atoms with E-state index in [0.717, 1.165) is 0 Å². The van der Waals surface area contributed by atoms with Crippen molar-refractivity contribution in [3.63, 3.8) is 0 Å². The molecule has 2 aliphatic rings. The highest BCUT2D eigenvalue weighted by atomic mass is 35.5. The van der Waals surface area contributed by atoms with Crippen molar-refractivity contribution in [2.24, 2.45) is 0 Å². The molecule has 1 saturated heterocycles. The third-order valence-electron chi connectivity index (χ3n) is 4.66. The van der Waals surface area contributed by atoms with Crippen LogP contribution < -0.4 is 14.4 Å². The van der Waals surface area contributed by atoms with Crippen LogP contribution in [0.25, 0.3) is 0 Å². The van der Waals surface area contributed by atoms with Crippen LogP contribution in [0.2, 0.25) is 5.02 Å². The molecule has 140 valence electrons. The summed E-state index contributed by atoms with van der Waals surface area (Å²) in [4.78, 5) is 27.3. The van der Waals surface area contributed by atoms with Gasteiger partial charge in [-0.15, -0.1) is 0 Å². The normalized spacial score (nSPS) is 15.7. The number of fused-ring (bicyclic) bond motifs is 1. The van der Waals surface area contributed by atoms with Crippen molar-refractivity contribution in [2.45, 2.75) is 0 Å². The molecule has 8 nitrogen and oxygen atoms in total. The van der Waals surface area contributed by atoms with Crippen LogP contribution in [0.4, 0.5) is 11.4 Å². The molecule has 2 aromatic rings. The average Bonchev–Trinajstić information content (AvgIpc) is 3.17. The fourth-order valence-electron chi connectivity index (χ4n) is 3.31. The summed E-state index contributed by atoms with van der Waals surface area (Å²) in [6.07, 6.45) is 0. The number of ether oxygens (including phenoxy) is 2. The Balaban J connectivity index is 1.48. The van der Waals surface area contributed by atoms with Gasteiger partial charge in [-0.2, -0.15) is 0 Å². The van der Waals surface area contributed by atoms with Gasteiger partial charge >= 0.3 is 0 Å². The van der Waals surface area contributed by atoms with Gasteiger partial charge in [-0.3, -0.25) is 14.9 Å². The number of nitrogens with zero attached hydrogens (tertiary/aromatic N) is 3. The highest BCUT2D eigenvalue weighted by molar-refractivity contribution is 6.32. The minimum absolute atomic E-state index is 0.0693. The van der Waals surface area contributed by atoms with E-state index in [-0.39, 0.29) is 23.3 Å². The van der Waals surface area contributed by atoms with Crippen molar-refractivity contribution in [3.8, 4) is 11.5 Å².